The first kappa shape index (κ1) is 11.0. The predicted octanol–water partition coefficient (Wildman–Crippen LogP) is -0.630. The maximum absolute atomic E-state index is 11.4. The number of hydrogen-bond acceptors (Lipinski definition) is 4. The zero-order chi connectivity index (χ0) is 10.6. The van der Waals surface area contributed by atoms with E-state index in [1.165, 1.54) is 7.11 Å². The quantitative estimate of drug-likeness (QED) is 0.616. The maximum Gasteiger partial charge on any atom is 0.319 e. The first-order valence-corrected chi connectivity index (χ1v) is 4.71. The van der Waals surface area contributed by atoms with Crippen molar-refractivity contribution in [3.05, 3.63) is 0 Å². The van der Waals surface area contributed by atoms with Crippen LogP contribution in [0.1, 0.15) is 12.8 Å². The number of ether oxygens (including phenoxy) is 1. The summed E-state index contributed by atoms with van der Waals surface area (Å²) in [6.07, 6.45) is 1.77. The molecule has 0 aliphatic carbocycles. The molecule has 0 aromatic rings. The molecule has 0 bridgehead atoms. The summed E-state index contributed by atoms with van der Waals surface area (Å²) in [6, 6.07) is -0.168. The normalized spacial score (nSPS) is 22.0. The Morgan fingerprint density at radius 2 is 2.29 bits per heavy atom. The topological polar surface area (TPSA) is 58.6 Å². The number of nitrogens with zero attached hydrogens (tertiary/aromatic N) is 1. The van der Waals surface area contributed by atoms with Gasteiger partial charge in [0.25, 0.3) is 0 Å². The Kier molecular flexibility index (Phi) is 3.88. The van der Waals surface area contributed by atoms with Gasteiger partial charge in [-0.2, -0.15) is 0 Å². The molecule has 1 fully saturated rings. The molecule has 0 aromatic carbocycles. The summed E-state index contributed by atoms with van der Waals surface area (Å²) in [5.74, 6) is -0.313. The van der Waals surface area contributed by atoms with Crippen molar-refractivity contribution in [2.45, 2.75) is 18.9 Å². The molecule has 0 saturated carbocycles. The second kappa shape index (κ2) is 4.95. The molecule has 14 heavy (non-hydrogen) atoms. The molecule has 5 nitrogen and oxygen atoms in total. The largest absolute Gasteiger partial charge is 0.468 e. The van der Waals surface area contributed by atoms with Crippen molar-refractivity contribution >= 4 is 11.9 Å². The lowest BCUT2D eigenvalue weighted by molar-refractivity contribution is -0.142. The van der Waals surface area contributed by atoms with Crippen molar-refractivity contribution in [2.75, 3.05) is 27.2 Å². The summed E-state index contributed by atoms with van der Waals surface area (Å²) in [5, 5.41) is 2.60. The van der Waals surface area contributed by atoms with Crippen LogP contribution in [0.2, 0.25) is 0 Å². The van der Waals surface area contributed by atoms with Crippen LogP contribution in [0.4, 0.5) is 0 Å². The minimum Gasteiger partial charge on any atom is -0.468 e. The van der Waals surface area contributed by atoms with Crippen molar-refractivity contribution in [1.82, 2.24) is 10.2 Å². The second-order valence-corrected chi connectivity index (χ2v) is 3.32. The first-order valence-electron chi connectivity index (χ1n) is 4.71. The fourth-order valence-corrected chi connectivity index (χ4v) is 1.71. The highest BCUT2D eigenvalue weighted by Crippen LogP contribution is 2.16. The van der Waals surface area contributed by atoms with E-state index in [2.05, 4.69) is 10.1 Å². The van der Waals surface area contributed by atoms with Gasteiger partial charge in [0.2, 0.25) is 5.91 Å². The first-order chi connectivity index (χ1) is 6.69. The molecule has 1 rings (SSSR count). The number of nitrogens with one attached hydrogen (secondary N) is 1. The molecule has 5 heteroatoms. The second-order valence-electron chi connectivity index (χ2n) is 3.32. The number of carbonyl (C=O) groups excluding carboxylic acids is 2. The van der Waals surface area contributed by atoms with Crippen LogP contribution in [0.15, 0.2) is 0 Å². The van der Waals surface area contributed by atoms with Gasteiger partial charge in [-0.3, -0.25) is 14.5 Å². The van der Waals surface area contributed by atoms with Crippen LogP contribution in [0.3, 0.4) is 0 Å². The van der Waals surface area contributed by atoms with Gasteiger partial charge in [-0.25, -0.2) is 0 Å². The zero-order valence-electron chi connectivity index (χ0n) is 8.58. The summed E-state index contributed by atoms with van der Waals surface area (Å²) < 4.78 is 4.56. The Balaban J connectivity index is 2.51. The molecule has 1 unspecified atom stereocenters. The fraction of sp³-hybridized carbons (Fsp3) is 0.778. The van der Waals surface area contributed by atoms with Crippen molar-refractivity contribution in [3.8, 4) is 0 Å². The van der Waals surface area contributed by atoms with E-state index < -0.39 is 0 Å². The number of amides is 1. The Morgan fingerprint density at radius 1 is 1.57 bits per heavy atom. The highest BCUT2D eigenvalue weighted by molar-refractivity contribution is 5.82. The zero-order valence-corrected chi connectivity index (χ0v) is 8.58. The minimum atomic E-state index is -0.291. The third-order valence-electron chi connectivity index (χ3n) is 2.47. The highest BCUT2D eigenvalue weighted by atomic mass is 16.5. The predicted molar refractivity (Wildman–Crippen MR) is 50.7 cm³/mol. The van der Waals surface area contributed by atoms with E-state index in [4.69, 9.17) is 0 Å². The Hall–Kier alpha value is -1.10. The smallest absolute Gasteiger partial charge is 0.319 e. The molecular formula is C9H16N2O3. The number of methoxy groups -OCH3 is 1. The van der Waals surface area contributed by atoms with Gasteiger partial charge < -0.3 is 10.1 Å². The fourth-order valence-electron chi connectivity index (χ4n) is 1.71. The molecule has 0 spiro atoms. The summed E-state index contributed by atoms with van der Waals surface area (Å²) in [4.78, 5) is 24.3. The average molecular weight is 200 g/mol. The molecule has 1 heterocycles. The van der Waals surface area contributed by atoms with E-state index in [-0.39, 0.29) is 24.5 Å². The summed E-state index contributed by atoms with van der Waals surface area (Å²) in [7, 11) is 2.96. The average Bonchev–Trinajstić information content (AvgIpc) is 2.64. The molecule has 0 radical (unpaired) electrons. The van der Waals surface area contributed by atoms with E-state index in [1.807, 2.05) is 4.90 Å². The van der Waals surface area contributed by atoms with Crippen molar-refractivity contribution in [1.29, 1.82) is 0 Å². The lowest BCUT2D eigenvalue weighted by Crippen LogP contribution is -2.44. The van der Waals surface area contributed by atoms with Crippen LogP contribution in [0, 0.1) is 0 Å². The van der Waals surface area contributed by atoms with Crippen LogP contribution in [0.25, 0.3) is 0 Å². The molecule has 80 valence electrons. The van der Waals surface area contributed by atoms with Gasteiger partial charge in [0, 0.05) is 7.05 Å². The van der Waals surface area contributed by atoms with Crippen molar-refractivity contribution in [3.63, 3.8) is 0 Å². The minimum absolute atomic E-state index is 0.0218. The molecule has 1 aliphatic heterocycles. The summed E-state index contributed by atoms with van der Waals surface area (Å²) >= 11 is 0. The lowest BCUT2D eigenvalue weighted by atomic mass is 10.2. The number of rotatable bonds is 3. The molecule has 1 atom stereocenters. The van der Waals surface area contributed by atoms with Crippen molar-refractivity contribution in [2.24, 2.45) is 0 Å². The molecule has 1 N–H and O–H groups in total. The Bertz CT molecular complexity index is 230. The van der Waals surface area contributed by atoms with E-state index >= 15 is 0 Å². The summed E-state index contributed by atoms with van der Waals surface area (Å²) in [6.45, 7) is 0.988. The van der Waals surface area contributed by atoms with Crippen LogP contribution >= 0.6 is 0 Å². The van der Waals surface area contributed by atoms with Crippen LogP contribution < -0.4 is 5.32 Å². The monoisotopic (exact) mass is 200 g/mol. The summed E-state index contributed by atoms with van der Waals surface area (Å²) in [5.41, 5.74) is 0. The Labute approximate surface area is 83.4 Å². The molecule has 1 amide bonds. The van der Waals surface area contributed by atoms with Gasteiger partial charge in [0.15, 0.2) is 0 Å². The lowest BCUT2D eigenvalue weighted by Gasteiger charge is -2.21. The van der Waals surface area contributed by atoms with E-state index in [0.717, 1.165) is 19.4 Å². The molecule has 1 saturated heterocycles. The third-order valence-corrected chi connectivity index (χ3v) is 2.47. The number of esters is 1. The Morgan fingerprint density at radius 3 is 2.86 bits per heavy atom. The van der Waals surface area contributed by atoms with E-state index in [0.29, 0.717) is 0 Å². The SMILES string of the molecule is CNC(=O)C1CCCN1CC(=O)OC. The highest BCUT2D eigenvalue weighted by Gasteiger charge is 2.31. The van der Waals surface area contributed by atoms with E-state index in [9.17, 15) is 9.59 Å². The van der Waals surface area contributed by atoms with Gasteiger partial charge in [-0.1, -0.05) is 0 Å². The van der Waals surface area contributed by atoms with Crippen LogP contribution in [-0.4, -0.2) is 50.1 Å². The van der Waals surface area contributed by atoms with Crippen molar-refractivity contribution < 1.29 is 14.3 Å². The maximum atomic E-state index is 11.4. The van der Waals surface area contributed by atoms with Crippen LogP contribution in [0.5, 0.6) is 0 Å². The van der Waals surface area contributed by atoms with Gasteiger partial charge in [-0.05, 0) is 19.4 Å². The molecular weight excluding hydrogens is 184 g/mol. The standard InChI is InChI=1S/C9H16N2O3/c1-10-9(13)7-4-3-5-11(7)6-8(12)14-2/h7H,3-6H2,1-2H3,(H,10,13). The van der Waals surface area contributed by atoms with Gasteiger partial charge in [0.1, 0.15) is 0 Å². The number of likely N-dealkylation sites (tertiary alicyclic amines) is 1. The van der Waals surface area contributed by atoms with Gasteiger partial charge in [-0.15, -0.1) is 0 Å². The van der Waals surface area contributed by atoms with Gasteiger partial charge >= 0.3 is 5.97 Å². The van der Waals surface area contributed by atoms with Gasteiger partial charge in [0.05, 0.1) is 19.7 Å². The van der Waals surface area contributed by atoms with Crippen LogP contribution in [-0.2, 0) is 14.3 Å². The molecule has 1 aliphatic rings. The number of carbonyl (C=O) groups is 2. The number of likely N-dealkylation sites (N-methyl/N-ethyl adjacent to an activating group) is 1. The van der Waals surface area contributed by atoms with E-state index in [1.54, 1.807) is 7.05 Å². The number of hydrogen-bond donors (Lipinski definition) is 1. The molecule has 0 aromatic heterocycles. The third kappa shape index (κ3) is 2.45.